The van der Waals surface area contributed by atoms with E-state index in [1.54, 1.807) is 7.11 Å². The summed E-state index contributed by atoms with van der Waals surface area (Å²) in [7, 11) is 1.80. The summed E-state index contributed by atoms with van der Waals surface area (Å²) >= 11 is 0. The predicted octanol–water partition coefficient (Wildman–Crippen LogP) is 3.22. The Morgan fingerprint density at radius 1 is 1.31 bits per heavy atom. The average molecular weight is 227 g/mol. The van der Waals surface area contributed by atoms with Crippen LogP contribution in [-0.4, -0.2) is 26.3 Å². The molecule has 1 unspecified atom stereocenters. The fraction of sp³-hybridized carbons (Fsp3) is 1.00. The van der Waals surface area contributed by atoms with Gasteiger partial charge in [0.1, 0.15) is 0 Å². The molecule has 0 amide bonds. The molecule has 1 rings (SSSR count). The third kappa shape index (κ3) is 3.74. The van der Waals surface area contributed by atoms with E-state index in [0.717, 1.165) is 18.6 Å². The normalized spacial score (nSPS) is 18.8. The van der Waals surface area contributed by atoms with Gasteiger partial charge in [-0.2, -0.15) is 0 Å². The summed E-state index contributed by atoms with van der Waals surface area (Å²) in [5.41, 5.74) is 0.473. The van der Waals surface area contributed by atoms with Crippen molar-refractivity contribution in [1.82, 2.24) is 5.32 Å². The van der Waals surface area contributed by atoms with Crippen LogP contribution >= 0.6 is 0 Å². The smallest absolute Gasteiger partial charge is 0.0465 e. The van der Waals surface area contributed by atoms with E-state index in [-0.39, 0.29) is 0 Å². The highest BCUT2D eigenvalue weighted by molar-refractivity contribution is 4.89. The Hall–Kier alpha value is -0.0800. The quantitative estimate of drug-likeness (QED) is 0.653. The van der Waals surface area contributed by atoms with E-state index < -0.39 is 0 Å². The Balaban J connectivity index is 2.45. The Morgan fingerprint density at radius 2 is 1.94 bits per heavy atom. The Kier molecular flexibility index (Phi) is 5.77. The molecule has 1 aliphatic carbocycles. The van der Waals surface area contributed by atoms with Crippen molar-refractivity contribution in [3.8, 4) is 0 Å². The Labute approximate surface area is 101 Å². The lowest BCUT2D eigenvalue weighted by Gasteiger charge is -2.38. The molecular formula is C14H29NO. The molecule has 1 saturated carbocycles. The van der Waals surface area contributed by atoms with Crippen molar-refractivity contribution in [3.63, 3.8) is 0 Å². The summed E-state index contributed by atoms with van der Waals surface area (Å²) in [5, 5.41) is 3.72. The van der Waals surface area contributed by atoms with Crippen LogP contribution in [0.5, 0.6) is 0 Å². The maximum Gasteiger partial charge on any atom is 0.0465 e. The van der Waals surface area contributed by atoms with Crippen molar-refractivity contribution in [2.24, 2.45) is 11.3 Å². The molecule has 0 aliphatic heterocycles. The number of nitrogens with one attached hydrogen (secondary N) is 1. The zero-order valence-electron chi connectivity index (χ0n) is 11.5. The SMILES string of the molecule is CCC(CC)(CNC1CC1)C(C)CCOC. The lowest BCUT2D eigenvalue weighted by Crippen LogP contribution is -2.40. The first-order valence-corrected chi connectivity index (χ1v) is 6.90. The number of methoxy groups -OCH3 is 1. The minimum atomic E-state index is 0.473. The van der Waals surface area contributed by atoms with Gasteiger partial charge in [-0.1, -0.05) is 20.8 Å². The van der Waals surface area contributed by atoms with E-state index in [9.17, 15) is 0 Å². The minimum absolute atomic E-state index is 0.473. The molecule has 16 heavy (non-hydrogen) atoms. The molecule has 1 N–H and O–H groups in total. The van der Waals surface area contributed by atoms with E-state index in [4.69, 9.17) is 4.74 Å². The van der Waals surface area contributed by atoms with Crippen LogP contribution in [0.3, 0.4) is 0 Å². The molecule has 0 radical (unpaired) electrons. The lowest BCUT2D eigenvalue weighted by atomic mass is 9.70. The van der Waals surface area contributed by atoms with Crippen LogP contribution in [0.15, 0.2) is 0 Å². The Bertz CT molecular complexity index is 185. The maximum atomic E-state index is 5.21. The fourth-order valence-electron chi connectivity index (χ4n) is 2.61. The van der Waals surface area contributed by atoms with Crippen molar-refractivity contribution in [1.29, 1.82) is 0 Å². The predicted molar refractivity (Wildman–Crippen MR) is 69.7 cm³/mol. The van der Waals surface area contributed by atoms with E-state index in [0.29, 0.717) is 5.41 Å². The molecular weight excluding hydrogens is 198 g/mol. The van der Waals surface area contributed by atoms with Crippen molar-refractivity contribution in [2.75, 3.05) is 20.3 Å². The minimum Gasteiger partial charge on any atom is -0.385 e. The van der Waals surface area contributed by atoms with Crippen molar-refractivity contribution in [3.05, 3.63) is 0 Å². The van der Waals surface area contributed by atoms with Gasteiger partial charge in [-0.05, 0) is 43.4 Å². The van der Waals surface area contributed by atoms with Gasteiger partial charge in [0.25, 0.3) is 0 Å². The van der Waals surface area contributed by atoms with Crippen LogP contribution in [0.25, 0.3) is 0 Å². The summed E-state index contributed by atoms with van der Waals surface area (Å²) in [6, 6.07) is 0.826. The maximum absolute atomic E-state index is 5.21. The second kappa shape index (κ2) is 6.61. The van der Waals surface area contributed by atoms with Crippen LogP contribution < -0.4 is 5.32 Å². The number of hydrogen-bond acceptors (Lipinski definition) is 2. The number of ether oxygens (including phenoxy) is 1. The van der Waals surface area contributed by atoms with E-state index in [2.05, 4.69) is 26.1 Å². The van der Waals surface area contributed by atoms with Gasteiger partial charge >= 0.3 is 0 Å². The van der Waals surface area contributed by atoms with Gasteiger partial charge in [0.05, 0.1) is 0 Å². The van der Waals surface area contributed by atoms with Crippen molar-refractivity contribution >= 4 is 0 Å². The molecule has 0 bridgehead atoms. The fourth-order valence-corrected chi connectivity index (χ4v) is 2.61. The third-order valence-corrected chi connectivity index (χ3v) is 4.53. The second-order valence-electron chi connectivity index (χ2n) is 5.41. The zero-order valence-corrected chi connectivity index (χ0v) is 11.5. The summed E-state index contributed by atoms with van der Waals surface area (Å²) in [6.45, 7) is 9.14. The monoisotopic (exact) mass is 227 g/mol. The largest absolute Gasteiger partial charge is 0.385 e. The summed E-state index contributed by atoms with van der Waals surface area (Å²) in [5.74, 6) is 0.744. The zero-order chi connectivity index (χ0) is 12.0. The number of rotatable bonds is 9. The molecule has 0 saturated heterocycles. The summed E-state index contributed by atoms with van der Waals surface area (Å²) in [6.07, 6.45) is 6.50. The van der Waals surface area contributed by atoms with E-state index in [1.165, 1.54) is 38.6 Å². The van der Waals surface area contributed by atoms with Gasteiger partial charge in [0, 0.05) is 26.3 Å². The van der Waals surface area contributed by atoms with Gasteiger partial charge in [-0.15, -0.1) is 0 Å². The van der Waals surface area contributed by atoms with Gasteiger partial charge in [-0.25, -0.2) is 0 Å². The van der Waals surface area contributed by atoms with E-state index in [1.807, 2.05) is 0 Å². The average Bonchev–Trinajstić information content (AvgIpc) is 3.12. The Morgan fingerprint density at radius 3 is 2.38 bits per heavy atom. The molecule has 0 aromatic heterocycles. The standard InChI is InChI=1S/C14H29NO/c1-5-14(6-2,11-15-13-7-8-13)12(3)9-10-16-4/h12-13,15H,5-11H2,1-4H3. The van der Waals surface area contributed by atoms with E-state index >= 15 is 0 Å². The van der Waals surface area contributed by atoms with Gasteiger partial charge in [-0.3, -0.25) is 0 Å². The third-order valence-electron chi connectivity index (χ3n) is 4.53. The molecule has 2 nitrogen and oxygen atoms in total. The summed E-state index contributed by atoms with van der Waals surface area (Å²) < 4.78 is 5.21. The first-order valence-electron chi connectivity index (χ1n) is 6.90. The molecule has 0 aromatic rings. The lowest BCUT2D eigenvalue weighted by molar-refractivity contribution is 0.102. The molecule has 96 valence electrons. The number of hydrogen-bond donors (Lipinski definition) is 1. The molecule has 0 spiro atoms. The van der Waals surface area contributed by atoms with Crippen LogP contribution in [0.4, 0.5) is 0 Å². The molecule has 1 aliphatic rings. The van der Waals surface area contributed by atoms with Gasteiger partial charge in [0.15, 0.2) is 0 Å². The highest BCUT2D eigenvalue weighted by Gasteiger charge is 2.34. The molecule has 0 aromatic carbocycles. The van der Waals surface area contributed by atoms with Gasteiger partial charge in [0.2, 0.25) is 0 Å². The summed E-state index contributed by atoms with van der Waals surface area (Å²) in [4.78, 5) is 0. The first kappa shape index (κ1) is 14.0. The highest BCUT2D eigenvalue weighted by atomic mass is 16.5. The van der Waals surface area contributed by atoms with Gasteiger partial charge < -0.3 is 10.1 Å². The molecule has 2 heteroatoms. The van der Waals surface area contributed by atoms with Crippen LogP contribution in [0.2, 0.25) is 0 Å². The van der Waals surface area contributed by atoms with Crippen LogP contribution in [-0.2, 0) is 4.74 Å². The molecule has 1 fully saturated rings. The van der Waals surface area contributed by atoms with Crippen molar-refractivity contribution in [2.45, 2.75) is 58.9 Å². The first-order chi connectivity index (χ1) is 7.68. The topological polar surface area (TPSA) is 21.3 Å². The highest BCUT2D eigenvalue weighted by Crippen LogP contribution is 2.37. The van der Waals surface area contributed by atoms with Crippen molar-refractivity contribution < 1.29 is 4.74 Å². The molecule has 1 atom stereocenters. The van der Waals surface area contributed by atoms with Crippen LogP contribution in [0, 0.1) is 11.3 Å². The molecule has 0 heterocycles. The van der Waals surface area contributed by atoms with Crippen LogP contribution in [0.1, 0.15) is 52.9 Å². The second-order valence-corrected chi connectivity index (χ2v) is 5.41.